The number of fused-ring (bicyclic) bond motifs is 12. The van der Waals surface area contributed by atoms with Gasteiger partial charge in [0.05, 0.1) is 95.3 Å². The van der Waals surface area contributed by atoms with Crippen molar-refractivity contribution >= 4 is 75.3 Å². The van der Waals surface area contributed by atoms with E-state index < -0.39 is 65.3 Å². The van der Waals surface area contributed by atoms with Crippen LogP contribution in [0.2, 0.25) is 0 Å². The summed E-state index contributed by atoms with van der Waals surface area (Å²) < 4.78 is 185. The molecule has 0 unspecified atom stereocenters. The number of benzene rings is 8. The number of nitrogens with one attached hydrogen (secondary N) is 7. The number of rotatable bonds is 20. The fourth-order valence-corrected chi connectivity index (χ4v) is 18.5. The molecule has 9 N–H and O–H groups in total. The van der Waals surface area contributed by atoms with Crippen LogP contribution in [0.15, 0.2) is 194 Å². The van der Waals surface area contributed by atoms with E-state index in [1.165, 1.54) is 48.5 Å². The van der Waals surface area contributed by atoms with Gasteiger partial charge in [0.25, 0.3) is 0 Å². The molecule has 16 atom stereocenters. The summed E-state index contributed by atoms with van der Waals surface area (Å²) in [5, 5.41) is 22.4. The molecule has 8 aromatic carbocycles. The summed E-state index contributed by atoms with van der Waals surface area (Å²) in [6.07, 6.45) is -11.2. The Morgan fingerprint density at radius 1 is 0.328 bits per heavy atom. The molecule has 15 nitrogen and oxygen atoms in total. The largest absolute Gasteiger partial charge is 0.416 e. The summed E-state index contributed by atoms with van der Waals surface area (Å²) in [7, 11) is 0. The molecule has 3 amide bonds. The highest BCUT2D eigenvalue weighted by atomic mass is 35.5. The Labute approximate surface area is 716 Å². The second-order valence-corrected chi connectivity index (χ2v) is 33.2. The second kappa shape index (κ2) is 40.9. The number of carbonyl (C=O) groups excluding carboxylic acids is 3. The zero-order valence-electron chi connectivity index (χ0n) is 66.7. The highest BCUT2D eigenvalue weighted by Gasteiger charge is 2.49. The van der Waals surface area contributed by atoms with Crippen LogP contribution in [0.5, 0.6) is 0 Å². The lowest BCUT2D eigenvalue weighted by atomic mass is 9.76. The standard InChI is InChI=1S/C25H28ClF3N2O2.C24H26ClF3N2O2.C23H24ClF3N2O2.C20H21F3N2O/c26-13-5-4-8-22(32)30-15-18-10-11-19-23(16-6-2-1-3-7-16)31-21-12-9-17(25(27,28)29)14-20(21)24(19)33-18;25-12-4-7-21(31)29-14-17-9-10-18-22(15-5-2-1-3-6-15)30-20-11-8-16(24(26,27)28)13-19(20)23(18)32-17;24-11-10-20(30)28-13-16-7-8-17-21(14-4-2-1-3-5-14)29-19-9-6-15(23(25,26)27)12-18(19)22(17)31-16;21-20(22,23)13-6-9-17-16(10-13)19-15(8-7-14(11-24)26-19)18(25-17)12-4-2-1-3-5-12/h1-3,6-7,9,12,14,18-19,23-24,31H,4-5,8,10-11,13,15H2,(H,30,32);1-3,5-6,8,11,13,17-18,22-23,30H,4,7,9-10,12,14H2,(H,29,31);1-6,9,12,16-17,21-22,29H,7-8,10-11,13H2,(H,28,30);1-6,9-10,14-15,18-19,25H,7-8,11,24H2/t18-,19+,23+,24+;17-,18+,22+,23+;16-,17+,21+,22+;14-,15+,18+,19+/m1111/s1. The average Bonchev–Trinajstić information content (AvgIpc) is 0.767. The molecular formula is C92H99Cl3F12N8O7. The van der Waals surface area contributed by atoms with Gasteiger partial charge in [-0.15, -0.1) is 34.8 Å². The lowest BCUT2D eigenvalue weighted by Gasteiger charge is -2.46. The maximum Gasteiger partial charge on any atom is 0.416 e. The number of alkyl halides is 15. The van der Waals surface area contributed by atoms with E-state index in [4.69, 9.17) is 59.5 Å². The van der Waals surface area contributed by atoms with Gasteiger partial charge in [-0.05, 0) is 166 Å². The molecule has 8 aromatic rings. The molecule has 0 saturated carbocycles. The van der Waals surface area contributed by atoms with Crippen LogP contribution in [-0.2, 0) is 58.0 Å². The van der Waals surface area contributed by atoms with E-state index in [1.54, 1.807) is 0 Å². The first-order chi connectivity index (χ1) is 58.6. The fourth-order valence-electron chi connectivity index (χ4n) is 18.0. The number of hydrogen-bond acceptors (Lipinski definition) is 12. The third-order valence-corrected chi connectivity index (χ3v) is 24.7. The number of amides is 3. The molecular weight excluding hydrogens is 1660 g/mol. The van der Waals surface area contributed by atoms with Crippen LogP contribution in [-0.4, -0.2) is 86.0 Å². The van der Waals surface area contributed by atoms with Crippen LogP contribution in [0.4, 0.5) is 75.4 Å². The molecule has 0 aromatic heterocycles. The third-order valence-electron chi connectivity index (χ3n) is 24.0. The summed E-state index contributed by atoms with van der Waals surface area (Å²) in [5.41, 5.74) is 12.2. The highest BCUT2D eigenvalue weighted by molar-refractivity contribution is 6.19. The van der Waals surface area contributed by atoms with E-state index in [0.29, 0.717) is 109 Å². The molecule has 122 heavy (non-hydrogen) atoms. The molecule has 8 heterocycles. The number of nitrogens with two attached hydrogens (primary N) is 1. The van der Waals surface area contributed by atoms with E-state index in [-0.39, 0.29) is 108 Å². The lowest BCUT2D eigenvalue weighted by molar-refractivity contribution is -0.138. The minimum Gasteiger partial charge on any atom is -0.378 e. The highest BCUT2D eigenvalue weighted by Crippen LogP contribution is 2.57. The van der Waals surface area contributed by atoms with Crippen LogP contribution in [0, 0.1) is 23.7 Å². The first-order valence-electron chi connectivity index (χ1n) is 41.5. The van der Waals surface area contributed by atoms with Gasteiger partial charge < -0.3 is 61.9 Å². The SMILES string of the molecule is NC[C@H]1CC[C@@H]2[C@H](O1)c1cc(C(F)(F)F)ccc1N[C@H]2c1ccccc1.O=C(CCCCCl)NC[C@H]1CC[C@@H]2[C@H](O1)c1cc(C(F)(F)F)ccc1N[C@H]2c1ccccc1.O=C(CCCCl)NC[C@H]1CC[C@@H]2[C@H](O1)c1cc(C(F)(F)F)ccc1N[C@H]2c1ccccc1.O=C(CCCl)NC[C@H]1CC[C@@H]2[C@H](O1)c1cc(C(F)(F)F)ccc1N[C@H]2c1ccccc1. The molecule has 0 aliphatic carbocycles. The van der Waals surface area contributed by atoms with Gasteiger partial charge in [-0.1, -0.05) is 121 Å². The van der Waals surface area contributed by atoms with E-state index >= 15 is 0 Å². The van der Waals surface area contributed by atoms with Gasteiger partial charge in [-0.2, -0.15) is 52.7 Å². The van der Waals surface area contributed by atoms with Crippen molar-refractivity contribution in [1.82, 2.24) is 16.0 Å². The van der Waals surface area contributed by atoms with Crippen molar-refractivity contribution in [3.8, 4) is 0 Å². The molecule has 30 heteroatoms. The molecule has 0 radical (unpaired) electrons. The Hall–Kier alpha value is -8.80. The third kappa shape index (κ3) is 22.6. The van der Waals surface area contributed by atoms with Crippen molar-refractivity contribution in [2.24, 2.45) is 29.4 Å². The zero-order chi connectivity index (χ0) is 86.5. The first-order valence-corrected chi connectivity index (χ1v) is 43.1. The van der Waals surface area contributed by atoms with Gasteiger partial charge in [0.15, 0.2) is 0 Å². The number of anilines is 4. The Morgan fingerprint density at radius 2 is 0.582 bits per heavy atom. The summed E-state index contributed by atoms with van der Waals surface area (Å²) in [6, 6.07) is 54.7. The maximum atomic E-state index is 13.4. The summed E-state index contributed by atoms with van der Waals surface area (Å²) in [6.45, 7) is 1.38. The molecule has 4 fully saturated rings. The fraction of sp³-hybridized carbons (Fsp3) is 0.446. The Morgan fingerprint density at radius 3 is 0.836 bits per heavy atom. The van der Waals surface area contributed by atoms with E-state index in [9.17, 15) is 67.1 Å². The van der Waals surface area contributed by atoms with Gasteiger partial charge in [0, 0.05) is 132 Å². The minimum atomic E-state index is -4.43. The van der Waals surface area contributed by atoms with Crippen molar-refractivity contribution in [2.75, 3.05) is 65.1 Å². The minimum absolute atomic E-state index is 0.00385. The van der Waals surface area contributed by atoms with Crippen molar-refractivity contribution in [3.63, 3.8) is 0 Å². The molecule has 0 spiro atoms. The zero-order valence-corrected chi connectivity index (χ0v) is 68.9. The van der Waals surface area contributed by atoms with Crippen LogP contribution in [0.25, 0.3) is 0 Å². The smallest absolute Gasteiger partial charge is 0.378 e. The van der Waals surface area contributed by atoms with E-state index in [0.717, 1.165) is 104 Å². The second-order valence-electron chi connectivity index (χ2n) is 32.0. The Kier molecular flexibility index (Phi) is 30.5. The number of hydrogen-bond donors (Lipinski definition) is 8. The van der Waals surface area contributed by atoms with Crippen LogP contribution in [0.3, 0.4) is 0 Å². The summed E-state index contributed by atoms with van der Waals surface area (Å²) in [4.78, 5) is 35.8. The van der Waals surface area contributed by atoms with E-state index in [1.807, 2.05) is 121 Å². The van der Waals surface area contributed by atoms with Gasteiger partial charge >= 0.3 is 24.7 Å². The molecule has 16 rings (SSSR count). The van der Waals surface area contributed by atoms with Gasteiger partial charge in [-0.3, -0.25) is 14.4 Å². The summed E-state index contributed by atoms with van der Waals surface area (Å²) >= 11 is 16.9. The quantitative estimate of drug-likeness (QED) is 0.0204. The number of unbranched alkanes of at least 4 members (excludes halogenated alkanes) is 1. The molecule has 4 saturated heterocycles. The molecule has 654 valence electrons. The molecule has 8 aliphatic heterocycles. The number of carbonyl (C=O) groups is 3. The topological polar surface area (TPSA) is 198 Å². The normalized spacial score (nSPS) is 25.4. The molecule has 8 aliphatic rings. The predicted molar refractivity (Wildman–Crippen MR) is 446 cm³/mol. The van der Waals surface area contributed by atoms with Crippen molar-refractivity contribution < 1.29 is 86.0 Å². The number of halogens is 15. The summed E-state index contributed by atoms with van der Waals surface area (Å²) in [5.74, 6) is 0.885. The van der Waals surface area contributed by atoms with Gasteiger partial charge in [0.2, 0.25) is 17.7 Å². The van der Waals surface area contributed by atoms with E-state index in [2.05, 4.69) is 37.2 Å². The van der Waals surface area contributed by atoms with Crippen molar-refractivity contribution in [3.05, 3.63) is 261 Å². The van der Waals surface area contributed by atoms with Gasteiger partial charge in [0.1, 0.15) is 0 Å². The van der Waals surface area contributed by atoms with Crippen molar-refractivity contribution in [2.45, 2.75) is 188 Å². The van der Waals surface area contributed by atoms with Gasteiger partial charge in [-0.25, -0.2) is 0 Å². The monoisotopic (exact) mass is 1760 g/mol. The lowest BCUT2D eigenvalue weighted by Crippen LogP contribution is -2.43. The predicted octanol–water partition coefficient (Wildman–Crippen LogP) is 22.2. The maximum absolute atomic E-state index is 13.4. The van der Waals surface area contributed by atoms with Crippen LogP contribution in [0.1, 0.15) is 205 Å². The Bertz CT molecular complexity index is 4780. The van der Waals surface area contributed by atoms with Crippen LogP contribution >= 0.6 is 34.8 Å². The first kappa shape index (κ1) is 90.9. The number of ether oxygens (including phenoxy) is 4. The van der Waals surface area contributed by atoms with Crippen molar-refractivity contribution in [1.29, 1.82) is 0 Å². The molecule has 0 bridgehead atoms. The average molecular weight is 1760 g/mol. The van der Waals surface area contributed by atoms with Crippen LogP contribution < -0.4 is 43.0 Å². The Balaban J connectivity index is 0.000000141.